The fourth-order valence-corrected chi connectivity index (χ4v) is 3.67. The molecule has 0 spiro atoms. The number of hydrogen-bond donors (Lipinski definition) is 1. The maximum absolute atomic E-state index is 4.91. The molecule has 1 aromatic rings. The van der Waals surface area contributed by atoms with Crippen LogP contribution in [0, 0.1) is 11.8 Å². The van der Waals surface area contributed by atoms with Gasteiger partial charge in [-0.3, -0.25) is 0 Å². The molecular weight excluding hydrogens is 222 g/mol. The predicted octanol–water partition coefficient (Wildman–Crippen LogP) is 2.45. The van der Waals surface area contributed by atoms with Crippen LogP contribution < -0.4 is 5.32 Å². The minimum absolute atomic E-state index is 0.800. The van der Waals surface area contributed by atoms with Gasteiger partial charge in [-0.2, -0.15) is 0 Å². The van der Waals surface area contributed by atoms with Gasteiger partial charge >= 0.3 is 0 Å². The molecule has 3 nitrogen and oxygen atoms in total. The third-order valence-corrected chi connectivity index (χ3v) is 4.82. The molecule has 18 heavy (non-hydrogen) atoms. The van der Waals surface area contributed by atoms with Crippen LogP contribution in [0.3, 0.4) is 0 Å². The second-order valence-electron chi connectivity index (χ2n) is 6.24. The van der Waals surface area contributed by atoms with E-state index >= 15 is 0 Å². The average molecular weight is 245 g/mol. The topological polar surface area (TPSA) is 29.9 Å². The molecule has 1 aliphatic heterocycles. The van der Waals surface area contributed by atoms with E-state index in [0.717, 1.165) is 37.4 Å². The van der Waals surface area contributed by atoms with E-state index in [1.54, 1.807) is 5.69 Å². The van der Waals surface area contributed by atoms with Gasteiger partial charge in [-0.1, -0.05) is 6.92 Å². The summed E-state index contributed by atoms with van der Waals surface area (Å²) in [5, 5.41) is 3.46. The normalized spacial score (nSPS) is 23.4. The van der Waals surface area contributed by atoms with Crippen LogP contribution in [-0.2, 0) is 19.4 Å². The molecule has 0 aromatic carbocycles. The fourth-order valence-electron chi connectivity index (χ4n) is 3.67. The highest BCUT2D eigenvalue weighted by molar-refractivity contribution is 5.23. The molecule has 98 valence electrons. The lowest BCUT2D eigenvalue weighted by Gasteiger charge is -2.24. The summed E-state index contributed by atoms with van der Waals surface area (Å²) in [6.07, 6.45) is 8.08. The average Bonchev–Trinajstić information content (AvgIpc) is 3.28. The maximum atomic E-state index is 4.91. The Bertz CT molecular complexity index is 443. The number of nitrogens with zero attached hydrogens (tertiary/aromatic N) is 2. The molecule has 2 heterocycles. The van der Waals surface area contributed by atoms with Crippen molar-refractivity contribution in [2.75, 3.05) is 6.54 Å². The summed E-state index contributed by atoms with van der Waals surface area (Å²) in [7, 11) is 0. The van der Waals surface area contributed by atoms with Gasteiger partial charge in [0.15, 0.2) is 0 Å². The van der Waals surface area contributed by atoms with Gasteiger partial charge < -0.3 is 9.88 Å². The number of nitrogens with one attached hydrogen (secondary N) is 1. The molecule has 3 heteroatoms. The van der Waals surface area contributed by atoms with E-state index in [4.69, 9.17) is 4.98 Å². The lowest BCUT2D eigenvalue weighted by atomic mass is 10.0. The zero-order valence-electron chi connectivity index (χ0n) is 11.3. The first-order valence-electron chi connectivity index (χ1n) is 7.68. The lowest BCUT2D eigenvalue weighted by Crippen LogP contribution is -2.27. The van der Waals surface area contributed by atoms with Crippen LogP contribution in [0.2, 0.25) is 0 Å². The predicted molar refractivity (Wildman–Crippen MR) is 71.5 cm³/mol. The zero-order valence-corrected chi connectivity index (χ0v) is 11.3. The van der Waals surface area contributed by atoms with Crippen molar-refractivity contribution in [3.63, 3.8) is 0 Å². The van der Waals surface area contributed by atoms with Gasteiger partial charge in [0.25, 0.3) is 0 Å². The summed E-state index contributed by atoms with van der Waals surface area (Å²) in [6.45, 7) is 4.37. The Kier molecular flexibility index (Phi) is 2.51. The number of hydrogen-bond acceptors (Lipinski definition) is 2. The Labute approximate surface area is 109 Å². The number of imidazole rings is 1. The molecule has 1 N–H and O–H groups in total. The zero-order chi connectivity index (χ0) is 12.1. The molecule has 1 aromatic heterocycles. The van der Waals surface area contributed by atoms with Crippen molar-refractivity contribution in [2.24, 2.45) is 11.8 Å². The summed E-state index contributed by atoms with van der Waals surface area (Å²) in [4.78, 5) is 4.91. The third kappa shape index (κ3) is 1.71. The summed E-state index contributed by atoms with van der Waals surface area (Å²) in [6, 6.07) is 0.800. The van der Waals surface area contributed by atoms with Crippen molar-refractivity contribution in [3.8, 4) is 0 Å². The van der Waals surface area contributed by atoms with E-state index in [2.05, 4.69) is 16.8 Å². The molecular formula is C15H23N3. The van der Waals surface area contributed by atoms with Crippen LogP contribution in [0.1, 0.15) is 55.9 Å². The van der Waals surface area contributed by atoms with Crippen molar-refractivity contribution in [3.05, 3.63) is 17.2 Å². The molecule has 0 unspecified atom stereocenters. The van der Waals surface area contributed by atoms with Crippen molar-refractivity contribution in [1.82, 2.24) is 14.9 Å². The second-order valence-corrected chi connectivity index (χ2v) is 6.24. The summed E-state index contributed by atoms with van der Waals surface area (Å²) in [5.74, 6) is 3.29. The lowest BCUT2D eigenvalue weighted by molar-refractivity contribution is 0.371. The highest BCUT2D eigenvalue weighted by Crippen LogP contribution is 2.53. The van der Waals surface area contributed by atoms with E-state index in [1.807, 2.05) is 0 Å². The number of aromatic nitrogens is 2. The Morgan fingerprint density at radius 3 is 2.61 bits per heavy atom. The number of aryl methyl sites for hydroxylation is 1. The van der Waals surface area contributed by atoms with Crippen LogP contribution in [0.15, 0.2) is 0 Å². The van der Waals surface area contributed by atoms with E-state index in [-0.39, 0.29) is 0 Å². The van der Waals surface area contributed by atoms with Crippen molar-refractivity contribution in [2.45, 2.75) is 58.0 Å². The molecule has 3 aliphatic rings. The molecule has 0 saturated heterocycles. The molecule has 0 radical (unpaired) electrons. The van der Waals surface area contributed by atoms with E-state index in [0.29, 0.717) is 0 Å². The highest BCUT2D eigenvalue weighted by atomic mass is 15.2. The van der Waals surface area contributed by atoms with Gasteiger partial charge in [-0.25, -0.2) is 4.98 Å². The minimum Gasteiger partial charge on any atom is -0.328 e. The quantitative estimate of drug-likeness (QED) is 0.883. The first kappa shape index (κ1) is 11.0. The van der Waals surface area contributed by atoms with Gasteiger partial charge in [0.05, 0.1) is 5.69 Å². The standard InChI is InChI=1S/C15H23N3/c1-2-14-17-12-9-16-8-7-13(12)18(14)15(10-3-4-10)11-5-6-11/h10-11,15-16H,2-9H2,1H3. The van der Waals surface area contributed by atoms with Crippen LogP contribution >= 0.6 is 0 Å². The smallest absolute Gasteiger partial charge is 0.109 e. The van der Waals surface area contributed by atoms with E-state index < -0.39 is 0 Å². The van der Waals surface area contributed by atoms with Crippen molar-refractivity contribution >= 4 is 0 Å². The SMILES string of the molecule is CCc1nc2c(n1C(C1CC1)C1CC1)CCNC2. The van der Waals surface area contributed by atoms with Crippen LogP contribution in [0.5, 0.6) is 0 Å². The van der Waals surface area contributed by atoms with Crippen LogP contribution in [0.4, 0.5) is 0 Å². The Morgan fingerprint density at radius 2 is 2.00 bits per heavy atom. The summed E-state index contributed by atoms with van der Waals surface area (Å²) >= 11 is 0. The third-order valence-electron chi connectivity index (χ3n) is 4.82. The molecule has 0 amide bonds. The Hall–Kier alpha value is -0.830. The Morgan fingerprint density at radius 1 is 1.28 bits per heavy atom. The first-order valence-corrected chi connectivity index (χ1v) is 7.68. The maximum Gasteiger partial charge on any atom is 0.109 e. The fraction of sp³-hybridized carbons (Fsp3) is 0.800. The van der Waals surface area contributed by atoms with E-state index in [9.17, 15) is 0 Å². The van der Waals surface area contributed by atoms with Crippen LogP contribution in [-0.4, -0.2) is 16.1 Å². The van der Waals surface area contributed by atoms with Gasteiger partial charge in [-0.05, 0) is 37.5 Å². The number of rotatable bonds is 4. The van der Waals surface area contributed by atoms with Gasteiger partial charge in [0, 0.05) is 37.7 Å². The molecule has 0 atom stereocenters. The van der Waals surface area contributed by atoms with Gasteiger partial charge in [0.1, 0.15) is 5.82 Å². The number of fused-ring (bicyclic) bond motifs is 1. The highest BCUT2D eigenvalue weighted by Gasteiger charge is 2.44. The summed E-state index contributed by atoms with van der Waals surface area (Å²) < 4.78 is 2.69. The van der Waals surface area contributed by atoms with Crippen molar-refractivity contribution < 1.29 is 0 Å². The van der Waals surface area contributed by atoms with Gasteiger partial charge in [0.2, 0.25) is 0 Å². The summed E-state index contributed by atoms with van der Waals surface area (Å²) in [5.41, 5.74) is 2.90. The monoisotopic (exact) mass is 245 g/mol. The molecule has 2 aliphatic carbocycles. The van der Waals surface area contributed by atoms with Crippen LogP contribution in [0.25, 0.3) is 0 Å². The largest absolute Gasteiger partial charge is 0.328 e. The van der Waals surface area contributed by atoms with Gasteiger partial charge in [-0.15, -0.1) is 0 Å². The van der Waals surface area contributed by atoms with E-state index in [1.165, 1.54) is 43.6 Å². The Balaban J connectivity index is 1.78. The molecule has 2 saturated carbocycles. The second kappa shape index (κ2) is 4.09. The molecule has 4 rings (SSSR count). The molecule has 0 bridgehead atoms. The molecule has 2 fully saturated rings. The minimum atomic E-state index is 0.800. The van der Waals surface area contributed by atoms with Crippen molar-refractivity contribution in [1.29, 1.82) is 0 Å². The first-order chi connectivity index (χ1) is 8.88.